The summed E-state index contributed by atoms with van der Waals surface area (Å²) in [6, 6.07) is 7.79. The zero-order valence-corrected chi connectivity index (χ0v) is 13.8. The van der Waals surface area contributed by atoms with Crippen molar-refractivity contribution in [2.75, 3.05) is 12.0 Å². The quantitative estimate of drug-likeness (QED) is 0.799. The first-order valence-electron chi connectivity index (χ1n) is 6.32. The molecule has 0 fully saturated rings. The summed E-state index contributed by atoms with van der Waals surface area (Å²) in [4.78, 5) is 11.9. The molecule has 1 unspecified atom stereocenters. The van der Waals surface area contributed by atoms with Gasteiger partial charge in [0.05, 0.1) is 6.04 Å². The predicted octanol–water partition coefficient (Wildman–Crippen LogP) is 2.58. The maximum Gasteiger partial charge on any atom is 0.237 e. The Hall–Kier alpha value is -0.520. The van der Waals surface area contributed by atoms with Crippen LogP contribution < -0.4 is 11.1 Å². The van der Waals surface area contributed by atoms with E-state index >= 15 is 0 Å². The van der Waals surface area contributed by atoms with Crippen molar-refractivity contribution in [3.63, 3.8) is 0 Å². The highest BCUT2D eigenvalue weighted by Gasteiger charge is 2.15. The number of nitrogens with one attached hydrogen (secondary N) is 1. The molecule has 0 aromatic heterocycles. The smallest absolute Gasteiger partial charge is 0.237 e. The van der Waals surface area contributed by atoms with Crippen LogP contribution in [0, 0.1) is 0 Å². The fourth-order valence-electron chi connectivity index (χ4n) is 1.79. The summed E-state index contributed by atoms with van der Waals surface area (Å²) in [5.41, 5.74) is 7.03. The number of rotatable bonds is 7. The van der Waals surface area contributed by atoms with Crippen molar-refractivity contribution in [2.45, 2.75) is 31.8 Å². The number of nitrogens with two attached hydrogens (primary N) is 1. The van der Waals surface area contributed by atoms with E-state index < -0.39 is 6.04 Å². The number of hydrogen-bond acceptors (Lipinski definition) is 3. The van der Waals surface area contributed by atoms with Gasteiger partial charge >= 0.3 is 0 Å². The third kappa shape index (κ3) is 6.45. The lowest BCUT2D eigenvalue weighted by Gasteiger charge is -2.17. The van der Waals surface area contributed by atoms with Gasteiger partial charge in [-0.3, -0.25) is 4.79 Å². The Bertz CT molecular complexity index is 414. The van der Waals surface area contributed by atoms with E-state index in [1.165, 1.54) is 5.56 Å². The highest BCUT2D eigenvalue weighted by Crippen LogP contribution is 2.13. The van der Waals surface area contributed by atoms with Crippen LogP contribution in [0.25, 0.3) is 0 Å². The Kier molecular flexibility index (Phi) is 7.49. The van der Waals surface area contributed by atoms with Crippen LogP contribution in [0.1, 0.15) is 18.9 Å². The number of amides is 1. The van der Waals surface area contributed by atoms with Crippen LogP contribution >= 0.6 is 27.7 Å². The molecule has 1 amide bonds. The van der Waals surface area contributed by atoms with Crippen LogP contribution in [0.2, 0.25) is 0 Å². The van der Waals surface area contributed by atoms with E-state index in [2.05, 4.69) is 33.4 Å². The monoisotopic (exact) mass is 344 g/mol. The van der Waals surface area contributed by atoms with Crippen molar-refractivity contribution in [2.24, 2.45) is 5.73 Å². The first-order chi connectivity index (χ1) is 9.02. The molecule has 0 saturated carbocycles. The second-order valence-corrected chi connectivity index (χ2v) is 6.53. The molecular weight excluding hydrogens is 324 g/mol. The van der Waals surface area contributed by atoms with Gasteiger partial charge in [0.25, 0.3) is 0 Å². The zero-order chi connectivity index (χ0) is 14.3. The van der Waals surface area contributed by atoms with Gasteiger partial charge in [0.2, 0.25) is 5.91 Å². The number of carbonyl (C=O) groups excluding carboxylic acids is 1. The molecule has 0 spiro atoms. The number of carbonyl (C=O) groups is 1. The Balaban J connectivity index is 2.42. The molecule has 0 aliphatic carbocycles. The van der Waals surface area contributed by atoms with Crippen molar-refractivity contribution in [1.82, 2.24) is 5.32 Å². The van der Waals surface area contributed by atoms with Gasteiger partial charge in [0.15, 0.2) is 0 Å². The molecule has 19 heavy (non-hydrogen) atoms. The number of hydrogen-bond donors (Lipinski definition) is 2. The molecule has 2 atom stereocenters. The van der Waals surface area contributed by atoms with E-state index in [9.17, 15) is 4.79 Å². The van der Waals surface area contributed by atoms with Gasteiger partial charge in [-0.25, -0.2) is 0 Å². The maximum atomic E-state index is 11.9. The number of thioether (sulfide) groups is 1. The highest BCUT2D eigenvalue weighted by molar-refractivity contribution is 9.10. The van der Waals surface area contributed by atoms with Gasteiger partial charge in [-0.05, 0) is 49.5 Å². The summed E-state index contributed by atoms with van der Waals surface area (Å²) in [6.45, 7) is 2.00. The van der Waals surface area contributed by atoms with E-state index in [4.69, 9.17) is 5.73 Å². The standard InChI is InChI=1S/C14H21BrN2OS/c1-10(8-11-4-3-5-12(15)9-11)17-14(18)13(16)6-7-19-2/h3-5,9-10,13H,6-8,16H2,1-2H3,(H,17,18)/t10?,13-/m0/s1. The van der Waals surface area contributed by atoms with Crippen molar-refractivity contribution >= 4 is 33.6 Å². The van der Waals surface area contributed by atoms with Gasteiger partial charge in [-0.2, -0.15) is 11.8 Å². The summed E-state index contributed by atoms with van der Waals surface area (Å²) in [6.07, 6.45) is 3.54. The van der Waals surface area contributed by atoms with E-state index in [1.54, 1.807) is 11.8 Å². The van der Waals surface area contributed by atoms with E-state index in [1.807, 2.05) is 25.3 Å². The molecule has 1 aromatic carbocycles. The fourth-order valence-corrected chi connectivity index (χ4v) is 2.73. The molecule has 0 aliphatic rings. The number of benzene rings is 1. The molecule has 3 N–H and O–H groups in total. The van der Waals surface area contributed by atoms with Crippen molar-refractivity contribution in [3.8, 4) is 0 Å². The topological polar surface area (TPSA) is 55.1 Å². The van der Waals surface area contributed by atoms with Crippen molar-refractivity contribution in [1.29, 1.82) is 0 Å². The first kappa shape index (κ1) is 16.5. The molecule has 106 valence electrons. The van der Waals surface area contributed by atoms with Gasteiger partial charge in [0, 0.05) is 10.5 Å². The Labute approximate surface area is 127 Å². The van der Waals surface area contributed by atoms with Crippen LogP contribution in [0.3, 0.4) is 0 Å². The number of halogens is 1. The average molecular weight is 345 g/mol. The Morgan fingerprint density at radius 1 is 1.53 bits per heavy atom. The van der Waals surface area contributed by atoms with Crippen LogP contribution in [0.5, 0.6) is 0 Å². The fraction of sp³-hybridized carbons (Fsp3) is 0.500. The minimum atomic E-state index is -0.405. The molecular formula is C14H21BrN2OS. The predicted molar refractivity (Wildman–Crippen MR) is 86.4 cm³/mol. The molecule has 1 aromatic rings. The molecule has 0 heterocycles. The summed E-state index contributed by atoms with van der Waals surface area (Å²) in [5, 5.41) is 2.97. The molecule has 5 heteroatoms. The highest BCUT2D eigenvalue weighted by atomic mass is 79.9. The SMILES string of the molecule is CSCC[C@H](N)C(=O)NC(C)Cc1cccc(Br)c1. The second kappa shape index (κ2) is 8.61. The van der Waals surface area contributed by atoms with Gasteiger partial charge in [-0.1, -0.05) is 28.1 Å². The van der Waals surface area contributed by atoms with Crippen LogP contribution in [-0.4, -0.2) is 30.0 Å². The Morgan fingerprint density at radius 3 is 2.89 bits per heavy atom. The van der Waals surface area contributed by atoms with Gasteiger partial charge in [-0.15, -0.1) is 0 Å². The maximum absolute atomic E-state index is 11.9. The average Bonchev–Trinajstić information content (AvgIpc) is 2.35. The lowest BCUT2D eigenvalue weighted by Crippen LogP contribution is -2.45. The summed E-state index contributed by atoms with van der Waals surface area (Å²) in [5.74, 6) is 0.853. The minimum Gasteiger partial charge on any atom is -0.352 e. The van der Waals surface area contributed by atoms with Crippen LogP contribution in [0.4, 0.5) is 0 Å². The summed E-state index contributed by atoms with van der Waals surface area (Å²) >= 11 is 5.15. The normalized spacial score (nSPS) is 13.9. The second-order valence-electron chi connectivity index (χ2n) is 4.63. The largest absolute Gasteiger partial charge is 0.352 e. The first-order valence-corrected chi connectivity index (χ1v) is 8.51. The van der Waals surface area contributed by atoms with E-state index in [0.29, 0.717) is 0 Å². The van der Waals surface area contributed by atoms with Crippen LogP contribution in [-0.2, 0) is 11.2 Å². The molecule has 0 aliphatic heterocycles. The molecule has 0 saturated heterocycles. The Morgan fingerprint density at radius 2 is 2.26 bits per heavy atom. The van der Waals surface area contributed by atoms with Crippen LogP contribution in [0.15, 0.2) is 28.7 Å². The van der Waals surface area contributed by atoms with Gasteiger partial charge in [0.1, 0.15) is 0 Å². The lowest BCUT2D eigenvalue weighted by atomic mass is 10.1. The molecule has 3 nitrogen and oxygen atoms in total. The van der Waals surface area contributed by atoms with Crippen molar-refractivity contribution in [3.05, 3.63) is 34.3 Å². The third-order valence-electron chi connectivity index (χ3n) is 2.79. The lowest BCUT2D eigenvalue weighted by molar-refractivity contribution is -0.122. The zero-order valence-electron chi connectivity index (χ0n) is 11.4. The molecule has 0 radical (unpaired) electrons. The molecule has 1 rings (SSSR count). The minimum absolute atomic E-state index is 0.0588. The van der Waals surface area contributed by atoms with Gasteiger partial charge < -0.3 is 11.1 Å². The molecule has 0 bridgehead atoms. The summed E-state index contributed by atoms with van der Waals surface area (Å²) in [7, 11) is 0. The van der Waals surface area contributed by atoms with E-state index in [-0.39, 0.29) is 11.9 Å². The summed E-state index contributed by atoms with van der Waals surface area (Å²) < 4.78 is 1.06. The van der Waals surface area contributed by atoms with Crippen molar-refractivity contribution < 1.29 is 4.79 Å². The van der Waals surface area contributed by atoms with E-state index in [0.717, 1.165) is 23.1 Å². The third-order valence-corrected chi connectivity index (χ3v) is 3.93.